The zero-order chi connectivity index (χ0) is 14.9. The van der Waals surface area contributed by atoms with E-state index in [1.54, 1.807) is 4.68 Å². The smallest absolute Gasteiger partial charge is 0.253 e. The number of carbonyl (C=O) groups is 1. The Labute approximate surface area is 140 Å². The number of amides is 1. The second kappa shape index (κ2) is 6.64. The molecule has 2 atom stereocenters. The van der Waals surface area contributed by atoms with Crippen LogP contribution < -0.4 is 5.32 Å². The quantitative estimate of drug-likeness (QED) is 0.883. The Balaban J connectivity index is 0.00000156. The van der Waals surface area contributed by atoms with Crippen LogP contribution in [0.4, 0.5) is 0 Å². The van der Waals surface area contributed by atoms with Crippen LogP contribution in [0.25, 0.3) is 5.69 Å². The van der Waals surface area contributed by atoms with Crippen LogP contribution in [0.5, 0.6) is 0 Å². The van der Waals surface area contributed by atoms with E-state index in [2.05, 4.69) is 20.8 Å². The molecule has 0 bridgehead atoms. The SMILES string of the molecule is Cl.O=C(c1ccc(-n2cnnn2)cc1)N1CCC2NCCC2C1. The largest absolute Gasteiger partial charge is 0.338 e. The molecular formula is C15H19ClN6O. The highest BCUT2D eigenvalue weighted by Gasteiger charge is 2.34. The number of piperidine rings is 1. The number of hydrogen-bond acceptors (Lipinski definition) is 5. The number of nitrogens with zero attached hydrogens (tertiary/aromatic N) is 5. The lowest BCUT2D eigenvalue weighted by Gasteiger charge is -2.34. The number of aromatic nitrogens is 4. The first-order chi connectivity index (χ1) is 10.8. The van der Waals surface area contributed by atoms with Gasteiger partial charge in [0.2, 0.25) is 0 Å². The summed E-state index contributed by atoms with van der Waals surface area (Å²) in [4.78, 5) is 14.6. The van der Waals surface area contributed by atoms with E-state index in [9.17, 15) is 4.79 Å². The monoisotopic (exact) mass is 334 g/mol. The topological polar surface area (TPSA) is 75.9 Å². The van der Waals surface area contributed by atoms with Crippen LogP contribution in [0, 0.1) is 5.92 Å². The predicted octanol–water partition coefficient (Wildman–Crippen LogP) is 0.908. The number of rotatable bonds is 2. The van der Waals surface area contributed by atoms with Crippen LogP contribution >= 0.6 is 12.4 Å². The van der Waals surface area contributed by atoms with Crippen LogP contribution in [0.2, 0.25) is 0 Å². The Morgan fingerprint density at radius 3 is 2.78 bits per heavy atom. The molecule has 2 aromatic rings. The van der Waals surface area contributed by atoms with E-state index >= 15 is 0 Å². The van der Waals surface area contributed by atoms with Gasteiger partial charge < -0.3 is 10.2 Å². The van der Waals surface area contributed by atoms with Crippen molar-refractivity contribution in [3.05, 3.63) is 36.2 Å². The van der Waals surface area contributed by atoms with Crippen LogP contribution in [-0.2, 0) is 0 Å². The first kappa shape index (κ1) is 15.9. The summed E-state index contributed by atoms with van der Waals surface area (Å²) in [6, 6.07) is 8.03. The minimum atomic E-state index is 0. The van der Waals surface area contributed by atoms with E-state index in [1.165, 1.54) is 12.7 Å². The van der Waals surface area contributed by atoms with Crippen molar-refractivity contribution in [3.63, 3.8) is 0 Å². The maximum absolute atomic E-state index is 12.6. The third-order valence-electron chi connectivity index (χ3n) is 4.67. The van der Waals surface area contributed by atoms with Crippen LogP contribution in [0.1, 0.15) is 23.2 Å². The Kier molecular flexibility index (Phi) is 4.58. The molecule has 3 heterocycles. The first-order valence-corrected chi connectivity index (χ1v) is 7.67. The van der Waals surface area contributed by atoms with Crippen molar-refractivity contribution in [2.45, 2.75) is 18.9 Å². The second-order valence-electron chi connectivity index (χ2n) is 5.95. The molecule has 122 valence electrons. The Morgan fingerprint density at radius 2 is 2.04 bits per heavy atom. The summed E-state index contributed by atoms with van der Waals surface area (Å²) in [7, 11) is 0. The van der Waals surface area contributed by atoms with E-state index in [0.717, 1.165) is 37.3 Å². The fourth-order valence-electron chi connectivity index (χ4n) is 3.45. The molecule has 2 unspecified atom stereocenters. The fraction of sp³-hybridized carbons (Fsp3) is 0.467. The van der Waals surface area contributed by atoms with E-state index in [-0.39, 0.29) is 18.3 Å². The van der Waals surface area contributed by atoms with Crippen molar-refractivity contribution in [2.24, 2.45) is 5.92 Å². The van der Waals surface area contributed by atoms with Gasteiger partial charge in [-0.15, -0.1) is 17.5 Å². The van der Waals surface area contributed by atoms with Gasteiger partial charge in [0.25, 0.3) is 5.91 Å². The molecule has 1 N–H and O–H groups in total. The number of tetrazole rings is 1. The molecule has 8 heteroatoms. The minimum absolute atomic E-state index is 0. The number of nitrogens with one attached hydrogen (secondary N) is 1. The lowest BCUT2D eigenvalue weighted by Crippen LogP contribution is -2.46. The van der Waals surface area contributed by atoms with E-state index in [1.807, 2.05) is 29.2 Å². The highest BCUT2D eigenvalue weighted by atomic mass is 35.5. The van der Waals surface area contributed by atoms with Crippen molar-refractivity contribution in [2.75, 3.05) is 19.6 Å². The van der Waals surface area contributed by atoms with Gasteiger partial charge in [-0.05, 0) is 60.0 Å². The summed E-state index contributed by atoms with van der Waals surface area (Å²) in [5.41, 5.74) is 1.57. The van der Waals surface area contributed by atoms with Gasteiger partial charge in [0.05, 0.1) is 5.69 Å². The molecule has 2 fully saturated rings. The average Bonchev–Trinajstić information content (AvgIpc) is 3.25. The molecule has 0 aliphatic carbocycles. The molecular weight excluding hydrogens is 316 g/mol. The summed E-state index contributed by atoms with van der Waals surface area (Å²) in [5.74, 6) is 0.729. The minimum Gasteiger partial charge on any atom is -0.338 e. The fourth-order valence-corrected chi connectivity index (χ4v) is 3.45. The molecule has 4 rings (SSSR count). The number of carbonyl (C=O) groups excluding carboxylic acids is 1. The van der Waals surface area contributed by atoms with E-state index < -0.39 is 0 Å². The van der Waals surface area contributed by atoms with Crippen molar-refractivity contribution in [3.8, 4) is 5.69 Å². The molecule has 1 amide bonds. The molecule has 2 aliphatic rings. The van der Waals surface area contributed by atoms with Crippen molar-refractivity contribution in [1.82, 2.24) is 30.4 Å². The van der Waals surface area contributed by atoms with Crippen LogP contribution in [-0.4, -0.2) is 56.7 Å². The van der Waals surface area contributed by atoms with E-state index in [4.69, 9.17) is 0 Å². The van der Waals surface area contributed by atoms with Gasteiger partial charge in [-0.1, -0.05) is 0 Å². The molecule has 7 nitrogen and oxygen atoms in total. The summed E-state index contributed by atoms with van der Waals surface area (Å²) in [6.45, 7) is 2.78. The van der Waals surface area contributed by atoms with Gasteiger partial charge in [0.15, 0.2) is 0 Å². The van der Waals surface area contributed by atoms with Crippen molar-refractivity contribution in [1.29, 1.82) is 0 Å². The Hall–Kier alpha value is -1.99. The standard InChI is InChI=1S/C15H18N6O.ClH/c22-15(20-8-6-14-12(9-20)5-7-16-14)11-1-3-13(4-2-11)21-10-17-18-19-21;/h1-4,10,12,14,16H,5-9H2;1H. The Bertz CT molecular complexity index is 659. The average molecular weight is 335 g/mol. The highest BCUT2D eigenvalue weighted by Crippen LogP contribution is 2.25. The molecule has 0 spiro atoms. The first-order valence-electron chi connectivity index (χ1n) is 7.67. The zero-order valence-electron chi connectivity index (χ0n) is 12.6. The molecule has 2 saturated heterocycles. The zero-order valence-corrected chi connectivity index (χ0v) is 13.4. The molecule has 2 aliphatic heterocycles. The summed E-state index contributed by atoms with van der Waals surface area (Å²) < 4.78 is 1.57. The number of fused-ring (bicyclic) bond motifs is 1. The van der Waals surface area contributed by atoms with Gasteiger partial charge in [-0.25, -0.2) is 4.68 Å². The summed E-state index contributed by atoms with van der Waals surface area (Å²) in [6.07, 6.45) is 3.76. The van der Waals surface area contributed by atoms with Crippen molar-refractivity contribution >= 4 is 18.3 Å². The van der Waals surface area contributed by atoms with Gasteiger partial charge >= 0.3 is 0 Å². The lowest BCUT2D eigenvalue weighted by atomic mass is 9.93. The predicted molar refractivity (Wildman–Crippen MR) is 86.8 cm³/mol. The van der Waals surface area contributed by atoms with Gasteiger partial charge in [-0.2, -0.15) is 0 Å². The van der Waals surface area contributed by atoms with Crippen LogP contribution in [0.3, 0.4) is 0 Å². The number of benzene rings is 1. The molecule has 23 heavy (non-hydrogen) atoms. The van der Waals surface area contributed by atoms with E-state index in [0.29, 0.717) is 12.0 Å². The molecule has 1 aromatic carbocycles. The third-order valence-corrected chi connectivity index (χ3v) is 4.67. The number of likely N-dealkylation sites (tertiary alicyclic amines) is 1. The molecule has 1 aromatic heterocycles. The summed E-state index contributed by atoms with van der Waals surface area (Å²) >= 11 is 0. The molecule has 0 saturated carbocycles. The maximum Gasteiger partial charge on any atom is 0.253 e. The number of halogens is 1. The third kappa shape index (κ3) is 3.07. The Morgan fingerprint density at radius 1 is 1.22 bits per heavy atom. The summed E-state index contributed by atoms with van der Waals surface area (Å²) in [5, 5.41) is 14.6. The van der Waals surface area contributed by atoms with Gasteiger partial charge in [0.1, 0.15) is 6.33 Å². The number of hydrogen-bond donors (Lipinski definition) is 1. The maximum atomic E-state index is 12.6. The van der Waals surface area contributed by atoms with Crippen molar-refractivity contribution < 1.29 is 4.79 Å². The lowest BCUT2D eigenvalue weighted by molar-refractivity contribution is 0.0662. The second-order valence-corrected chi connectivity index (χ2v) is 5.95. The normalized spacial score (nSPS) is 23.2. The van der Waals surface area contributed by atoms with Gasteiger partial charge in [0, 0.05) is 24.7 Å². The molecule has 0 radical (unpaired) electrons. The highest BCUT2D eigenvalue weighted by molar-refractivity contribution is 5.94. The van der Waals surface area contributed by atoms with Gasteiger partial charge in [-0.3, -0.25) is 4.79 Å². The van der Waals surface area contributed by atoms with Crippen LogP contribution in [0.15, 0.2) is 30.6 Å².